The number of primary amides is 1. The molecule has 0 unspecified atom stereocenters. The number of nitrogens with zero attached hydrogens (tertiary/aromatic N) is 1. The molecule has 0 radical (unpaired) electrons. The van der Waals surface area contributed by atoms with E-state index in [0.29, 0.717) is 29.1 Å². The van der Waals surface area contributed by atoms with Gasteiger partial charge in [0.2, 0.25) is 5.91 Å². The summed E-state index contributed by atoms with van der Waals surface area (Å²) in [5, 5.41) is 3.43. The Morgan fingerprint density at radius 3 is 2.46 bits per heavy atom. The molecule has 6 heteroatoms. The predicted molar refractivity (Wildman–Crippen MR) is 102 cm³/mol. The third kappa shape index (κ3) is 3.88. The Morgan fingerprint density at radius 1 is 1.08 bits per heavy atom. The molecule has 26 heavy (non-hydrogen) atoms. The number of nitrogens with one attached hydrogen (secondary N) is 1. The first-order valence-corrected chi connectivity index (χ1v) is 9.23. The molecule has 1 aliphatic rings. The fourth-order valence-corrected chi connectivity index (χ4v) is 3.69. The average Bonchev–Trinajstić information content (AvgIpc) is 2.89. The zero-order valence-electron chi connectivity index (χ0n) is 14.5. The molecule has 2 aromatic rings. The highest BCUT2D eigenvalue weighted by atomic mass is 35.5. The van der Waals surface area contributed by atoms with E-state index in [-0.39, 0.29) is 5.91 Å². The minimum absolute atomic E-state index is 0.306. The van der Waals surface area contributed by atoms with E-state index in [1.165, 1.54) is 0 Å². The summed E-state index contributed by atoms with van der Waals surface area (Å²) in [7, 11) is 0. The van der Waals surface area contributed by atoms with E-state index in [1.54, 1.807) is 36.5 Å². The van der Waals surface area contributed by atoms with Crippen molar-refractivity contribution in [2.45, 2.75) is 44.1 Å². The number of hydrogen-bond acceptors (Lipinski definition) is 3. The summed E-state index contributed by atoms with van der Waals surface area (Å²) in [5.74, 6) is -0.767. The maximum atomic E-state index is 12.8. The largest absolute Gasteiger partial charge is 0.368 e. The molecule has 0 saturated heterocycles. The van der Waals surface area contributed by atoms with Crippen LogP contribution in [0.3, 0.4) is 0 Å². The lowest BCUT2D eigenvalue weighted by Crippen LogP contribution is -2.57. The number of pyridine rings is 1. The van der Waals surface area contributed by atoms with Crippen molar-refractivity contribution >= 4 is 23.4 Å². The number of carbonyl (C=O) groups is 2. The fourth-order valence-electron chi connectivity index (χ4n) is 3.46. The molecule has 2 amide bonds. The number of aromatic nitrogens is 1. The van der Waals surface area contributed by atoms with Crippen LogP contribution in [0.4, 0.5) is 0 Å². The molecule has 1 saturated carbocycles. The summed E-state index contributed by atoms with van der Waals surface area (Å²) in [6.07, 6.45) is 6.69. The maximum Gasteiger partial charge on any atom is 0.252 e. The van der Waals surface area contributed by atoms with E-state index >= 15 is 0 Å². The third-order valence-electron chi connectivity index (χ3n) is 4.94. The Kier molecular flexibility index (Phi) is 5.57. The predicted octanol–water partition coefficient (Wildman–Crippen LogP) is 3.71. The van der Waals surface area contributed by atoms with Gasteiger partial charge >= 0.3 is 0 Å². The van der Waals surface area contributed by atoms with Gasteiger partial charge in [0.25, 0.3) is 5.91 Å². The summed E-state index contributed by atoms with van der Waals surface area (Å²) in [6, 6.07) is 10.6. The van der Waals surface area contributed by atoms with Crippen molar-refractivity contribution in [3.8, 4) is 11.3 Å². The van der Waals surface area contributed by atoms with Gasteiger partial charge in [-0.2, -0.15) is 0 Å². The lowest BCUT2D eigenvalue weighted by atomic mass is 9.89. The normalized spacial score (nSPS) is 16.5. The summed E-state index contributed by atoms with van der Waals surface area (Å²) in [4.78, 5) is 29.2. The second-order valence-electron chi connectivity index (χ2n) is 6.73. The van der Waals surface area contributed by atoms with Crippen molar-refractivity contribution in [3.05, 3.63) is 53.2 Å². The topological polar surface area (TPSA) is 85.1 Å². The smallest absolute Gasteiger partial charge is 0.252 e. The molecule has 3 rings (SSSR count). The summed E-state index contributed by atoms with van der Waals surface area (Å²) >= 11 is 6.20. The lowest BCUT2D eigenvalue weighted by Gasteiger charge is -2.30. The van der Waals surface area contributed by atoms with Crippen molar-refractivity contribution in [1.29, 1.82) is 0 Å². The molecule has 1 fully saturated rings. The average molecular weight is 372 g/mol. The van der Waals surface area contributed by atoms with Crippen LogP contribution in [0.25, 0.3) is 11.3 Å². The van der Waals surface area contributed by atoms with Crippen LogP contribution >= 0.6 is 11.6 Å². The molecule has 1 aromatic carbocycles. The zero-order valence-corrected chi connectivity index (χ0v) is 15.3. The molecule has 0 spiro atoms. The van der Waals surface area contributed by atoms with Gasteiger partial charge in [-0.05, 0) is 37.1 Å². The molecule has 0 aliphatic heterocycles. The van der Waals surface area contributed by atoms with Crippen LogP contribution < -0.4 is 11.1 Å². The van der Waals surface area contributed by atoms with E-state index in [2.05, 4.69) is 10.3 Å². The van der Waals surface area contributed by atoms with Crippen LogP contribution in [0.1, 0.15) is 48.9 Å². The van der Waals surface area contributed by atoms with Crippen LogP contribution in [0.15, 0.2) is 42.6 Å². The van der Waals surface area contributed by atoms with Crippen molar-refractivity contribution in [3.63, 3.8) is 0 Å². The highest BCUT2D eigenvalue weighted by Gasteiger charge is 2.38. The first kappa shape index (κ1) is 18.4. The van der Waals surface area contributed by atoms with Crippen molar-refractivity contribution in [2.75, 3.05) is 0 Å². The SMILES string of the molecule is NC(=O)C1(NC(=O)c2cccc(-c3ncccc3Cl)c2)CCCCCC1. The highest BCUT2D eigenvalue weighted by Crippen LogP contribution is 2.29. The van der Waals surface area contributed by atoms with Crippen LogP contribution in [-0.2, 0) is 4.79 Å². The molecule has 136 valence electrons. The summed E-state index contributed by atoms with van der Waals surface area (Å²) in [5.41, 5.74) is 6.51. The van der Waals surface area contributed by atoms with Gasteiger partial charge in [-0.15, -0.1) is 0 Å². The van der Waals surface area contributed by atoms with Gasteiger partial charge in [-0.1, -0.05) is 49.4 Å². The Balaban J connectivity index is 1.87. The molecule has 0 atom stereocenters. The standard InChI is InChI=1S/C20H22ClN3O2/c21-16-9-6-12-23-17(16)14-7-5-8-15(13-14)18(25)24-20(19(22)26)10-3-1-2-4-11-20/h5-9,12-13H,1-4,10-11H2,(H2,22,26)(H,24,25). The van der Waals surface area contributed by atoms with E-state index in [4.69, 9.17) is 17.3 Å². The fraction of sp³-hybridized carbons (Fsp3) is 0.350. The summed E-state index contributed by atoms with van der Waals surface area (Å²) < 4.78 is 0. The third-order valence-corrected chi connectivity index (χ3v) is 5.24. The van der Waals surface area contributed by atoms with Gasteiger partial charge in [-0.3, -0.25) is 14.6 Å². The number of halogens is 1. The van der Waals surface area contributed by atoms with Gasteiger partial charge in [0.05, 0.1) is 10.7 Å². The van der Waals surface area contributed by atoms with Gasteiger partial charge in [0, 0.05) is 17.3 Å². The molecule has 0 bridgehead atoms. The van der Waals surface area contributed by atoms with Gasteiger partial charge in [-0.25, -0.2) is 0 Å². The van der Waals surface area contributed by atoms with Gasteiger partial charge in [0.1, 0.15) is 5.54 Å². The molecular formula is C20H22ClN3O2. The van der Waals surface area contributed by atoms with E-state index in [0.717, 1.165) is 31.2 Å². The molecule has 3 N–H and O–H groups in total. The zero-order chi connectivity index (χ0) is 18.6. The monoisotopic (exact) mass is 371 g/mol. The second kappa shape index (κ2) is 7.87. The first-order chi connectivity index (χ1) is 12.5. The lowest BCUT2D eigenvalue weighted by molar-refractivity contribution is -0.124. The van der Waals surface area contributed by atoms with Crippen LogP contribution in [-0.4, -0.2) is 22.3 Å². The van der Waals surface area contributed by atoms with E-state index in [9.17, 15) is 9.59 Å². The number of rotatable bonds is 4. The van der Waals surface area contributed by atoms with Crippen molar-refractivity contribution in [1.82, 2.24) is 10.3 Å². The molecular weight excluding hydrogens is 350 g/mol. The molecule has 1 aliphatic carbocycles. The number of hydrogen-bond donors (Lipinski definition) is 2. The van der Waals surface area contributed by atoms with Crippen molar-refractivity contribution < 1.29 is 9.59 Å². The second-order valence-corrected chi connectivity index (χ2v) is 7.14. The number of nitrogens with two attached hydrogens (primary N) is 1. The maximum absolute atomic E-state index is 12.8. The van der Waals surface area contributed by atoms with Gasteiger partial charge < -0.3 is 11.1 Å². The Hall–Kier alpha value is -2.40. The molecule has 5 nitrogen and oxygen atoms in total. The number of carbonyl (C=O) groups excluding carboxylic acids is 2. The molecule has 1 aromatic heterocycles. The first-order valence-electron chi connectivity index (χ1n) is 8.85. The minimum Gasteiger partial charge on any atom is -0.368 e. The Morgan fingerprint density at radius 2 is 1.81 bits per heavy atom. The van der Waals surface area contributed by atoms with Crippen LogP contribution in [0.2, 0.25) is 5.02 Å². The van der Waals surface area contributed by atoms with Gasteiger partial charge in [0.15, 0.2) is 0 Å². The quantitative estimate of drug-likeness (QED) is 0.803. The van der Waals surface area contributed by atoms with Crippen LogP contribution in [0, 0.1) is 0 Å². The summed E-state index contributed by atoms with van der Waals surface area (Å²) in [6.45, 7) is 0. The van der Waals surface area contributed by atoms with E-state index in [1.807, 2.05) is 6.07 Å². The Labute approximate surface area is 158 Å². The van der Waals surface area contributed by atoms with E-state index < -0.39 is 11.4 Å². The molecule has 1 heterocycles. The number of benzene rings is 1. The van der Waals surface area contributed by atoms with Crippen molar-refractivity contribution in [2.24, 2.45) is 5.73 Å². The minimum atomic E-state index is -0.966. The highest BCUT2D eigenvalue weighted by molar-refractivity contribution is 6.33. The number of amides is 2. The van der Waals surface area contributed by atoms with Crippen LogP contribution in [0.5, 0.6) is 0 Å². The Bertz CT molecular complexity index is 814.